The molecule has 1 atom stereocenters. The smallest absolute Gasteiger partial charge is 0.0677 e. The summed E-state index contributed by atoms with van der Waals surface area (Å²) in [7, 11) is 0. The van der Waals surface area contributed by atoms with E-state index in [1.165, 1.54) is 36.1 Å². The van der Waals surface area contributed by atoms with Gasteiger partial charge in [-0.3, -0.25) is 4.68 Å². The molecule has 1 aliphatic carbocycles. The number of aromatic nitrogens is 2. The van der Waals surface area contributed by atoms with Crippen molar-refractivity contribution in [2.24, 2.45) is 5.73 Å². The van der Waals surface area contributed by atoms with Crippen molar-refractivity contribution in [1.29, 1.82) is 0 Å². The predicted octanol–water partition coefficient (Wildman–Crippen LogP) is 3.28. The summed E-state index contributed by atoms with van der Waals surface area (Å²) in [6.07, 6.45) is 10.2. The summed E-state index contributed by atoms with van der Waals surface area (Å²) < 4.78 is 1.99. The first-order valence-electron chi connectivity index (χ1n) is 7.17. The van der Waals surface area contributed by atoms with Crippen molar-refractivity contribution in [3.8, 4) is 0 Å². The van der Waals surface area contributed by atoms with Gasteiger partial charge >= 0.3 is 0 Å². The predicted molar refractivity (Wildman–Crippen MR) is 79.5 cm³/mol. The first-order valence-corrected chi connectivity index (χ1v) is 7.99. The van der Waals surface area contributed by atoms with Gasteiger partial charge in [0.25, 0.3) is 0 Å². The molecule has 0 fully saturated rings. The third kappa shape index (κ3) is 2.60. The van der Waals surface area contributed by atoms with Gasteiger partial charge in [0.05, 0.1) is 12.2 Å². The first-order chi connectivity index (χ1) is 9.28. The molecule has 0 saturated heterocycles. The van der Waals surface area contributed by atoms with Crippen molar-refractivity contribution in [3.05, 3.63) is 39.3 Å². The summed E-state index contributed by atoms with van der Waals surface area (Å²) in [5.74, 6) is 0. The van der Waals surface area contributed by atoms with Crippen molar-refractivity contribution in [1.82, 2.24) is 9.78 Å². The molecule has 4 heteroatoms. The van der Waals surface area contributed by atoms with Crippen molar-refractivity contribution >= 4 is 11.3 Å². The molecule has 0 aromatic carbocycles. The maximum atomic E-state index is 6.39. The van der Waals surface area contributed by atoms with Crippen LogP contribution in [0.3, 0.4) is 0 Å². The third-order valence-corrected chi connectivity index (χ3v) is 5.11. The Balaban J connectivity index is 1.82. The third-order valence-electron chi connectivity index (χ3n) is 3.79. The van der Waals surface area contributed by atoms with Crippen LogP contribution in [-0.4, -0.2) is 9.78 Å². The molecule has 0 saturated carbocycles. The second-order valence-electron chi connectivity index (χ2n) is 5.32. The fourth-order valence-electron chi connectivity index (χ4n) is 2.72. The van der Waals surface area contributed by atoms with E-state index in [0.29, 0.717) is 0 Å². The van der Waals surface area contributed by atoms with E-state index in [1.807, 2.05) is 22.2 Å². The van der Waals surface area contributed by atoms with Crippen LogP contribution in [0.2, 0.25) is 0 Å². The van der Waals surface area contributed by atoms with Crippen LogP contribution >= 0.6 is 11.3 Å². The summed E-state index contributed by atoms with van der Waals surface area (Å²) >= 11 is 1.90. The molecule has 1 aliphatic rings. The molecule has 1 unspecified atom stereocenters. The molecule has 2 heterocycles. The quantitative estimate of drug-likeness (QED) is 0.930. The Bertz CT molecular complexity index is 532. The van der Waals surface area contributed by atoms with E-state index < -0.39 is 0 Å². The van der Waals surface area contributed by atoms with E-state index in [1.54, 1.807) is 4.88 Å². The molecule has 2 aromatic heterocycles. The molecule has 3 rings (SSSR count). The van der Waals surface area contributed by atoms with Gasteiger partial charge < -0.3 is 5.73 Å². The Hall–Kier alpha value is -1.13. The fraction of sp³-hybridized carbons (Fsp3) is 0.533. The van der Waals surface area contributed by atoms with Gasteiger partial charge in [0, 0.05) is 28.1 Å². The lowest BCUT2D eigenvalue weighted by molar-refractivity contribution is 0.602. The van der Waals surface area contributed by atoms with Gasteiger partial charge in [-0.05, 0) is 43.7 Å². The van der Waals surface area contributed by atoms with Crippen LogP contribution in [0.4, 0.5) is 0 Å². The summed E-state index contributed by atoms with van der Waals surface area (Å²) in [5, 5.41) is 4.38. The number of rotatable bonds is 4. The minimum Gasteiger partial charge on any atom is -0.320 e. The number of aryl methyl sites for hydroxylation is 3. The Morgan fingerprint density at radius 2 is 2.26 bits per heavy atom. The zero-order chi connectivity index (χ0) is 13.2. The second-order valence-corrected chi connectivity index (χ2v) is 6.49. The highest BCUT2D eigenvalue weighted by atomic mass is 32.1. The molecule has 2 aromatic rings. The van der Waals surface area contributed by atoms with Crippen molar-refractivity contribution in [2.75, 3.05) is 0 Å². The van der Waals surface area contributed by atoms with E-state index in [4.69, 9.17) is 5.73 Å². The SMILES string of the molecule is CCCn1cc(C(N)c2cc3c(s2)CCCC3)cn1. The van der Waals surface area contributed by atoms with E-state index in [9.17, 15) is 0 Å². The van der Waals surface area contributed by atoms with Crippen LogP contribution in [0.1, 0.15) is 53.1 Å². The summed E-state index contributed by atoms with van der Waals surface area (Å²) in [5.41, 5.74) is 9.06. The zero-order valence-corrected chi connectivity index (χ0v) is 12.2. The molecule has 2 N–H and O–H groups in total. The Morgan fingerprint density at radius 3 is 3.05 bits per heavy atom. The lowest BCUT2D eigenvalue weighted by Crippen LogP contribution is -2.09. The Morgan fingerprint density at radius 1 is 1.42 bits per heavy atom. The average molecular weight is 275 g/mol. The number of thiophene rings is 1. The molecule has 0 bridgehead atoms. The lowest BCUT2D eigenvalue weighted by atomic mass is 9.98. The topological polar surface area (TPSA) is 43.8 Å². The van der Waals surface area contributed by atoms with Crippen molar-refractivity contribution < 1.29 is 0 Å². The number of fused-ring (bicyclic) bond motifs is 1. The van der Waals surface area contributed by atoms with Crippen molar-refractivity contribution in [2.45, 2.75) is 51.6 Å². The standard InChI is InChI=1S/C15H21N3S/c1-2-7-18-10-12(9-17-18)15(16)14-8-11-5-3-4-6-13(11)19-14/h8-10,15H,2-7,16H2,1H3. The Labute approximate surface area is 118 Å². The monoisotopic (exact) mass is 275 g/mol. The minimum absolute atomic E-state index is 0.0128. The highest BCUT2D eigenvalue weighted by Crippen LogP contribution is 2.34. The van der Waals surface area contributed by atoms with Crippen molar-refractivity contribution in [3.63, 3.8) is 0 Å². The zero-order valence-electron chi connectivity index (χ0n) is 11.4. The molecule has 0 aliphatic heterocycles. The van der Waals surface area contributed by atoms with Crippen LogP contribution in [0.25, 0.3) is 0 Å². The molecule has 19 heavy (non-hydrogen) atoms. The van der Waals surface area contributed by atoms with Gasteiger partial charge in [0.1, 0.15) is 0 Å². The fourth-order valence-corrected chi connectivity index (χ4v) is 4.01. The van der Waals surface area contributed by atoms with Crippen LogP contribution in [0.15, 0.2) is 18.5 Å². The molecule has 0 spiro atoms. The molecule has 0 amide bonds. The maximum Gasteiger partial charge on any atom is 0.0677 e. The molecular formula is C15H21N3S. The highest BCUT2D eigenvalue weighted by molar-refractivity contribution is 7.12. The van der Waals surface area contributed by atoms with E-state index >= 15 is 0 Å². The Kier molecular flexibility index (Phi) is 3.71. The molecular weight excluding hydrogens is 254 g/mol. The summed E-state index contributed by atoms with van der Waals surface area (Å²) in [6, 6.07) is 2.31. The number of hydrogen-bond donors (Lipinski definition) is 1. The highest BCUT2D eigenvalue weighted by Gasteiger charge is 2.18. The number of hydrogen-bond acceptors (Lipinski definition) is 3. The van der Waals surface area contributed by atoms with Crippen LogP contribution in [-0.2, 0) is 19.4 Å². The molecule has 102 valence electrons. The summed E-state index contributed by atoms with van der Waals surface area (Å²) in [6.45, 7) is 3.13. The number of nitrogens with two attached hydrogens (primary N) is 1. The van der Waals surface area contributed by atoms with Gasteiger partial charge in [0.2, 0.25) is 0 Å². The van der Waals surface area contributed by atoms with Crippen LogP contribution < -0.4 is 5.73 Å². The molecule has 0 radical (unpaired) electrons. The van der Waals surface area contributed by atoms with E-state index in [-0.39, 0.29) is 6.04 Å². The number of nitrogens with zero attached hydrogens (tertiary/aromatic N) is 2. The second kappa shape index (κ2) is 5.47. The van der Waals surface area contributed by atoms with Gasteiger partial charge in [-0.25, -0.2) is 0 Å². The largest absolute Gasteiger partial charge is 0.320 e. The van der Waals surface area contributed by atoms with Gasteiger partial charge in [-0.2, -0.15) is 5.10 Å². The summed E-state index contributed by atoms with van der Waals surface area (Å²) in [4.78, 5) is 2.85. The van der Waals surface area contributed by atoms with Crippen LogP contribution in [0, 0.1) is 0 Å². The van der Waals surface area contributed by atoms with E-state index in [2.05, 4.69) is 24.3 Å². The minimum atomic E-state index is -0.0128. The normalized spacial score (nSPS) is 16.3. The van der Waals surface area contributed by atoms with Gasteiger partial charge in [-0.1, -0.05) is 6.92 Å². The molecule has 3 nitrogen and oxygen atoms in total. The van der Waals surface area contributed by atoms with E-state index in [0.717, 1.165) is 18.5 Å². The maximum absolute atomic E-state index is 6.39. The van der Waals surface area contributed by atoms with Crippen LogP contribution in [0.5, 0.6) is 0 Å². The first kappa shape index (κ1) is 12.9. The van der Waals surface area contributed by atoms with Gasteiger partial charge in [-0.15, -0.1) is 11.3 Å². The average Bonchev–Trinajstić information content (AvgIpc) is 3.04. The lowest BCUT2D eigenvalue weighted by Gasteiger charge is -2.08. The van der Waals surface area contributed by atoms with Gasteiger partial charge in [0.15, 0.2) is 0 Å².